The molecule has 1 aliphatic rings. The van der Waals surface area contributed by atoms with Crippen LogP contribution in [-0.4, -0.2) is 45.3 Å². The second-order valence-corrected chi connectivity index (χ2v) is 5.85. The number of likely N-dealkylation sites (N-methyl/N-ethyl adjacent to an activating group) is 1. The molecule has 20 heavy (non-hydrogen) atoms. The smallest absolute Gasteiger partial charge is 0.323 e. The molecule has 0 radical (unpaired) electrons. The van der Waals surface area contributed by atoms with Crippen molar-refractivity contribution in [1.82, 2.24) is 14.7 Å². The first-order valence-corrected chi connectivity index (χ1v) is 6.93. The van der Waals surface area contributed by atoms with Crippen LogP contribution in [0.15, 0.2) is 6.20 Å². The van der Waals surface area contributed by atoms with Crippen LogP contribution in [-0.2, 0) is 11.3 Å². The van der Waals surface area contributed by atoms with Gasteiger partial charge in [-0.15, -0.1) is 0 Å². The lowest BCUT2D eigenvalue weighted by Gasteiger charge is -2.15. The van der Waals surface area contributed by atoms with E-state index in [1.807, 2.05) is 4.68 Å². The zero-order valence-electron chi connectivity index (χ0n) is 12.2. The molecule has 110 valence electrons. The first kappa shape index (κ1) is 14.6. The number of nitrogens with zero attached hydrogens (tertiary/aromatic N) is 3. The molecular formula is C14H21N3O3. The quantitative estimate of drug-likeness (QED) is 0.857. The number of carboxylic acids is 1. The van der Waals surface area contributed by atoms with Gasteiger partial charge < -0.3 is 10.0 Å². The SMILES string of the molecule is CC(C)Cn1ncc(C(=O)N(C)CC(=O)O)c1C1CC1. The molecule has 6 heteroatoms. The highest BCUT2D eigenvalue weighted by Crippen LogP contribution is 2.42. The Kier molecular flexibility index (Phi) is 4.11. The molecule has 1 aliphatic carbocycles. The molecule has 6 nitrogen and oxygen atoms in total. The van der Waals surface area contributed by atoms with Crippen molar-refractivity contribution in [3.8, 4) is 0 Å². The lowest BCUT2D eigenvalue weighted by molar-refractivity contribution is -0.137. The van der Waals surface area contributed by atoms with Gasteiger partial charge in [-0.3, -0.25) is 14.3 Å². The average molecular weight is 279 g/mol. The van der Waals surface area contributed by atoms with Crippen molar-refractivity contribution in [1.29, 1.82) is 0 Å². The van der Waals surface area contributed by atoms with Gasteiger partial charge in [-0.2, -0.15) is 5.10 Å². The Morgan fingerprint density at radius 3 is 2.65 bits per heavy atom. The Hall–Kier alpha value is -1.85. The van der Waals surface area contributed by atoms with Crippen molar-refractivity contribution in [3.63, 3.8) is 0 Å². The number of carbonyl (C=O) groups is 2. The summed E-state index contributed by atoms with van der Waals surface area (Å²) in [6.07, 6.45) is 3.73. The van der Waals surface area contributed by atoms with E-state index in [-0.39, 0.29) is 12.5 Å². The van der Waals surface area contributed by atoms with Crippen LogP contribution in [0.25, 0.3) is 0 Å². The monoisotopic (exact) mass is 279 g/mol. The Bertz CT molecular complexity index is 518. The van der Waals surface area contributed by atoms with Crippen LogP contribution in [0.3, 0.4) is 0 Å². The van der Waals surface area contributed by atoms with Crippen molar-refractivity contribution in [2.75, 3.05) is 13.6 Å². The number of hydrogen-bond donors (Lipinski definition) is 1. The molecule has 2 rings (SSSR count). The zero-order chi connectivity index (χ0) is 14.9. The number of carboxylic acid groups (broad SMARTS) is 1. The van der Waals surface area contributed by atoms with Crippen molar-refractivity contribution < 1.29 is 14.7 Å². The summed E-state index contributed by atoms with van der Waals surface area (Å²) in [5.41, 5.74) is 1.53. The third-order valence-corrected chi connectivity index (χ3v) is 3.33. The number of aliphatic carboxylic acids is 1. The number of hydrogen-bond acceptors (Lipinski definition) is 3. The molecule has 1 saturated carbocycles. The molecule has 0 atom stereocenters. The fraction of sp³-hybridized carbons (Fsp3) is 0.643. The maximum Gasteiger partial charge on any atom is 0.323 e. The molecule has 0 spiro atoms. The summed E-state index contributed by atoms with van der Waals surface area (Å²) in [5, 5.41) is 13.1. The standard InChI is InChI=1S/C14H21N3O3/c1-9(2)7-17-13(10-4-5-10)11(6-15-17)14(20)16(3)8-12(18)19/h6,9-10H,4-5,7-8H2,1-3H3,(H,18,19). The van der Waals surface area contributed by atoms with Crippen molar-refractivity contribution in [2.45, 2.75) is 39.2 Å². The van der Waals surface area contributed by atoms with E-state index in [9.17, 15) is 9.59 Å². The van der Waals surface area contributed by atoms with Crippen molar-refractivity contribution >= 4 is 11.9 Å². The van der Waals surface area contributed by atoms with Crippen LogP contribution in [0.1, 0.15) is 48.7 Å². The highest BCUT2D eigenvalue weighted by atomic mass is 16.4. The first-order chi connectivity index (χ1) is 9.40. The van der Waals surface area contributed by atoms with E-state index < -0.39 is 5.97 Å². The van der Waals surface area contributed by atoms with Crippen LogP contribution in [0.4, 0.5) is 0 Å². The molecule has 1 N–H and O–H groups in total. The maximum absolute atomic E-state index is 12.3. The van der Waals surface area contributed by atoms with E-state index in [4.69, 9.17) is 5.11 Å². The van der Waals surface area contributed by atoms with Gasteiger partial charge in [0.05, 0.1) is 17.5 Å². The molecule has 1 amide bonds. The van der Waals surface area contributed by atoms with E-state index in [1.54, 1.807) is 6.20 Å². The van der Waals surface area contributed by atoms with Gasteiger partial charge in [0.15, 0.2) is 0 Å². The minimum atomic E-state index is -1.01. The molecule has 1 heterocycles. The van der Waals surface area contributed by atoms with Crippen molar-refractivity contribution in [3.05, 3.63) is 17.5 Å². The summed E-state index contributed by atoms with van der Waals surface area (Å²) in [7, 11) is 1.51. The summed E-state index contributed by atoms with van der Waals surface area (Å²) in [5.74, 6) is -0.423. The number of amides is 1. The molecule has 1 aromatic rings. The maximum atomic E-state index is 12.3. The molecule has 0 unspecified atom stereocenters. The highest BCUT2D eigenvalue weighted by Gasteiger charge is 2.33. The minimum Gasteiger partial charge on any atom is -0.480 e. The summed E-state index contributed by atoms with van der Waals surface area (Å²) < 4.78 is 1.91. The van der Waals surface area contributed by atoms with Gasteiger partial charge in [0.2, 0.25) is 0 Å². The van der Waals surface area contributed by atoms with E-state index in [2.05, 4.69) is 18.9 Å². The largest absolute Gasteiger partial charge is 0.480 e. The highest BCUT2D eigenvalue weighted by molar-refractivity contribution is 5.96. The third kappa shape index (κ3) is 3.18. The normalized spacial score (nSPS) is 14.6. The van der Waals surface area contributed by atoms with E-state index in [0.29, 0.717) is 17.4 Å². The summed E-state index contributed by atoms with van der Waals surface area (Å²) >= 11 is 0. The second kappa shape index (κ2) is 5.64. The lowest BCUT2D eigenvalue weighted by Crippen LogP contribution is -2.32. The number of aromatic nitrogens is 2. The summed E-state index contributed by atoms with van der Waals surface area (Å²) in [6, 6.07) is 0. The minimum absolute atomic E-state index is 0.260. The Morgan fingerprint density at radius 1 is 1.50 bits per heavy atom. The molecule has 0 aromatic carbocycles. The molecule has 0 bridgehead atoms. The fourth-order valence-corrected chi connectivity index (χ4v) is 2.32. The third-order valence-electron chi connectivity index (χ3n) is 3.33. The van der Waals surface area contributed by atoms with Crippen LogP contribution in [0, 0.1) is 5.92 Å². The summed E-state index contributed by atoms with van der Waals surface area (Å²) in [6.45, 7) is 4.70. The predicted octanol–water partition coefficient (Wildman–Crippen LogP) is 1.57. The molecule has 1 fully saturated rings. The van der Waals surface area contributed by atoms with E-state index >= 15 is 0 Å². The first-order valence-electron chi connectivity index (χ1n) is 6.93. The Morgan fingerprint density at radius 2 is 2.15 bits per heavy atom. The lowest BCUT2D eigenvalue weighted by atomic mass is 10.1. The van der Waals surface area contributed by atoms with E-state index in [0.717, 1.165) is 25.1 Å². The fourth-order valence-electron chi connectivity index (χ4n) is 2.32. The molecular weight excluding hydrogens is 258 g/mol. The van der Waals surface area contributed by atoms with Gasteiger partial charge >= 0.3 is 5.97 Å². The number of carbonyl (C=O) groups excluding carboxylic acids is 1. The van der Waals surface area contributed by atoms with Gasteiger partial charge in [0.1, 0.15) is 6.54 Å². The zero-order valence-corrected chi connectivity index (χ0v) is 12.2. The van der Waals surface area contributed by atoms with E-state index in [1.165, 1.54) is 11.9 Å². The molecule has 1 aromatic heterocycles. The van der Waals surface area contributed by atoms with Crippen LogP contribution >= 0.6 is 0 Å². The number of rotatable bonds is 6. The van der Waals surface area contributed by atoms with Crippen LogP contribution in [0.5, 0.6) is 0 Å². The Labute approximate surface area is 118 Å². The van der Waals surface area contributed by atoms with Crippen molar-refractivity contribution in [2.24, 2.45) is 5.92 Å². The average Bonchev–Trinajstić information content (AvgIpc) is 3.09. The predicted molar refractivity (Wildman–Crippen MR) is 73.6 cm³/mol. The van der Waals surface area contributed by atoms with Gasteiger partial charge in [-0.1, -0.05) is 13.8 Å². The van der Waals surface area contributed by atoms with Crippen LogP contribution < -0.4 is 0 Å². The molecule has 0 saturated heterocycles. The van der Waals surface area contributed by atoms with Gasteiger partial charge in [0, 0.05) is 19.5 Å². The molecule has 0 aliphatic heterocycles. The van der Waals surface area contributed by atoms with Crippen LogP contribution in [0.2, 0.25) is 0 Å². The van der Waals surface area contributed by atoms with Gasteiger partial charge in [0.25, 0.3) is 5.91 Å². The topological polar surface area (TPSA) is 75.4 Å². The Balaban J connectivity index is 2.25. The summed E-state index contributed by atoms with van der Waals surface area (Å²) in [4.78, 5) is 24.3. The second-order valence-electron chi connectivity index (χ2n) is 5.85. The van der Waals surface area contributed by atoms with Gasteiger partial charge in [-0.05, 0) is 18.8 Å². The van der Waals surface area contributed by atoms with Gasteiger partial charge in [-0.25, -0.2) is 0 Å².